The van der Waals surface area contributed by atoms with E-state index >= 15 is 0 Å². The van der Waals surface area contributed by atoms with E-state index in [0.717, 1.165) is 23.4 Å². The Balaban J connectivity index is 2.04. The fourth-order valence-corrected chi connectivity index (χ4v) is 2.33. The van der Waals surface area contributed by atoms with Gasteiger partial charge in [-0.1, -0.05) is 0 Å². The van der Waals surface area contributed by atoms with Gasteiger partial charge in [0.05, 0.1) is 11.8 Å². The summed E-state index contributed by atoms with van der Waals surface area (Å²) in [4.78, 5) is 12.0. The van der Waals surface area contributed by atoms with E-state index in [1.54, 1.807) is 4.68 Å². The molecule has 0 bridgehead atoms. The summed E-state index contributed by atoms with van der Waals surface area (Å²) in [7, 11) is 1.89. The Kier molecular flexibility index (Phi) is 3.12. The van der Waals surface area contributed by atoms with Crippen molar-refractivity contribution in [1.29, 1.82) is 5.26 Å². The van der Waals surface area contributed by atoms with Gasteiger partial charge in [-0.25, -0.2) is 0 Å². The Morgan fingerprint density at radius 3 is 2.61 bits per heavy atom. The molecule has 0 radical (unpaired) electrons. The fourth-order valence-electron chi connectivity index (χ4n) is 2.33. The van der Waals surface area contributed by atoms with Gasteiger partial charge in [0.25, 0.3) is 0 Å². The van der Waals surface area contributed by atoms with Gasteiger partial charge in [0.2, 0.25) is 5.91 Å². The average molecular weight is 246 g/mol. The van der Waals surface area contributed by atoms with Crippen LogP contribution in [0, 0.1) is 30.6 Å². The Morgan fingerprint density at radius 1 is 1.56 bits per heavy atom. The van der Waals surface area contributed by atoms with E-state index in [1.807, 2.05) is 20.9 Å². The molecule has 1 aliphatic rings. The van der Waals surface area contributed by atoms with Gasteiger partial charge in [-0.2, -0.15) is 10.4 Å². The molecule has 1 N–H and O–H groups in total. The molecule has 18 heavy (non-hydrogen) atoms. The molecule has 1 aromatic rings. The average Bonchev–Trinajstić information content (AvgIpc) is 2.50. The first-order chi connectivity index (χ1) is 8.50. The van der Waals surface area contributed by atoms with Crippen molar-refractivity contribution in [1.82, 2.24) is 15.1 Å². The van der Waals surface area contributed by atoms with Crippen LogP contribution in [-0.4, -0.2) is 15.7 Å². The van der Waals surface area contributed by atoms with Crippen molar-refractivity contribution >= 4 is 5.91 Å². The van der Waals surface area contributed by atoms with Crippen LogP contribution < -0.4 is 5.32 Å². The zero-order valence-corrected chi connectivity index (χ0v) is 11.1. The van der Waals surface area contributed by atoms with Crippen molar-refractivity contribution in [2.75, 3.05) is 0 Å². The van der Waals surface area contributed by atoms with Crippen LogP contribution in [0.2, 0.25) is 0 Å². The molecule has 5 heteroatoms. The topological polar surface area (TPSA) is 70.7 Å². The van der Waals surface area contributed by atoms with Crippen LogP contribution in [-0.2, 0) is 18.4 Å². The first kappa shape index (κ1) is 12.6. The maximum Gasteiger partial charge on any atom is 0.240 e. The fraction of sp³-hybridized carbons (Fsp3) is 0.615. The van der Waals surface area contributed by atoms with Crippen molar-refractivity contribution in [3.63, 3.8) is 0 Å². The minimum Gasteiger partial charge on any atom is -0.350 e. The van der Waals surface area contributed by atoms with Gasteiger partial charge in [0.15, 0.2) is 0 Å². The molecule has 0 unspecified atom stereocenters. The van der Waals surface area contributed by atoms with E-state index in [9.17, 15) is 4.79 Å². The van der Waals surface area contributed by atoms with Crippen LogP contribution >= 0.6 is 0 Å². The van der Waals surface area contributed by atoms with Gasteiger partial charge in [-0.3, -0.25) is 9.48 Å². The van der Waals surface area contributed by atoms with Crippen LogP contribution in [0.1, 0.15) is 36.2 Å². The standard InChI is InChI=1S/C13H18N4O/c1-9-11(10(2)17(3)16-9)7-15-12(18)13(8-14)5-4-6-13/h4-7H2,1-3H3,(H,15,18). The molecule has 1 fully saturated rings. The van der Waals surface area contributed by atoms with Crippen molar-refractivity contribution in [2.24, 2.45) is 12.5 Å². The lowest BCUT2D eigenvalue weighted by molar-refractivity contribution is -0.131. The normalized spacial score (nSPS) is 16.8. The summed E-state index contributed by atoms with van der Waals surface area (Å²) in [6, 6.07) is 2.15. The molecule has 0 spiro atoms. The second kappa shape index (κ2) is 4.45. The second-order valence-corrected chi connectivity index (χ2v) is 5.00. The number of hydrogen-bond acceptors (Lipinski definition) is 3. The van der Waals surface area contributed by atoms with Crippen LogP contribution in [0.15, 0.2) is 0 Å². The number of aromatic nitrogens is 2. The second-order valence-electron chi connectivity index (χ2n) is 5.00. The Bertz CT molecular complexity index is 520. The summed E-state index contributed by atoms with van der Waals surface area (Å²) in [5.41, 5.74) is 2.24. The first-order valence-corrected chi connectivity index (χ1v) is 6.19. The molecule has 0 atom stereocenters. The first-order valence-electron chi connectivity index (χ1n) is 6.19. The molecule has 0 saturated heterocycles. The third kappa shape index (κ3) is 1.88. The number of nitrogens with zero attached hydrogens (tertiary/aromatic N) is 3. The van der Waals surface area contributed by atoms with Gasteiger partial charge in [-0.15, -0.1) is 0 Å². The lowest BCUT2D eigenvalue weighted by Crippen LogP contribution is -2.44. The molecule has 0 aromatic carbocycles. The predicted molar refractivity (Wildman–Crippen MR) is 66.4 cm³/mol. The molecular formula is C13H18N4O. The van der Waals surface area contributed by atoms with Gasteiger partial charge in [-0.05, 0) is 33.1 Å². The smallest absolute Gasteiger partial charge is 0.240 e. The van der Waals surface area contributed by atoms with E-state index in [1.165, 1.54) is 0 Å². The highest BCUT2D eigenvalue weighted by atomic mass is 16.2. The molecule has 2 rings (SSSR count). The SMILES string of the molecule is Cc1nn(C)c(C)c1CNC(=O)C1(C#N)CCC1. The monoisotopic (exact) mass is 246 g/mol. The van der Waals surface area contributed by atoms with Gasteiger partial charge >= 0.3 is 0 Å². The Hall–Kier alpha value is -1.83. The minimum atomic E-state index is -0.774. The third-order valence-corrected chi connectivity index (χ3v) is 3.94. The molecule has 96 valence electrons. The molecule has 1 heterocycles. The lowest BCUT2D eigenvalue weighted by Gasteiger charge is -2.33. The number of nitriles is 1. The number of aryl methyl sites for hydroxylation is 2. The third-order valence-electron chi connectivity index (χ3n) is 3.94. The van der Waals surface area contributed by atoms with Crippen LogP contribution in [0.5, 0.6) is 0 Å². The summed E-state index contributed by atoms with van der Waals surface area (Å²) in [5, 5.41) is 16.3. The number of nitrogens with one attached hydrogen (secondary N) is 1. The van der Waals surface area contributed by atoms with Crippen LogP contribution in [0.3, 0.4) is 0 Å². The van der Waals surface area contributed by atoms with Gasteiger partial charge in [0, 0.05) is 24.8 Å². The number of amides is 1. The summed E-state index contributed by atoms with van der Waals surface area (Å²) in [6.45, 7) is 4.36. The summed E-state index contributed by atoms with van der Waals surface area (Å²) < 4.78 is 1.81. The molecule has 0 aliphatic heterocycles. The Morgan fingerprint density at radius 2 is 2.22 bits per heavy atom. The maximum absolute atomic E-state index is 12.0. The number of rotatable bonds is 3. The highest BCUT2D eigenvalue weighted by molar-refractivity contribution is 5.86. The minimum absolute atomic E-state index is 0.140. The van der Waals surface area contributed by atoms with E-state index < -0.39 is 5.41 Å². The van der Waals surface area contributed by atoms with Crippen molar-refractivity contribution in [2.45, 2.75) is 39.7 Å². The molecule has 1 amide bonds. The number of carbonyl (C=O) groups is 1. The molecule has 1 aromatic heterocycles. The predicted octanol–water partition coefficient (Wildman–Crippen LogP) is 1.35. The largest absolute Gasteiger partial charge is 0.350 e. The van der Waals surface area contributed by atoms with Crippen molar-refractivity contribution in [3.05, 3.63) is 17.0 Å². The van der Waals surface area contributed by atoms with Gasteiger partial charge < -0.3 is 5.32 Å². The van der Waals surface area contributed by atoms with E-state index in [2.05, 4.69) is 16.5 Å². The number of carbonyl (C=O) groups excluding carboxylic acids is 1. The summed E-state index contributed by atoms with van der Waals surface area (Å²) in [6.07, 6.45) is 2.33. The zero-order valence-electron chi connectivity index (χ0n) is 11.1. The van der Waals surface area contributed by atoms with Crippen LogP contribution in [0.25, 0.3) is 0 Å². The highest BCUT2D eigenvalue weighted by Crippen LogP contribution is 2.40. The molecule has 1 saturated carbocycles. The molecule has 5 nitrogen and oxygen atoms in total. The van der Waals surface area contributed by atoms with Crippen molar-refractivity contribution in [3.8, 4) is 6.07 Å². The number of hydrogen-bond donors (Lipinski definition) is 1. The summed E-state index contributed by atoms with van der Waals surface area (Å²) in [5.74, 6) is -0.140. The zero-order chi connectivity index (χ0) is 13.3. The van der Waals surface area contributed by atoms with Crippen molar-refractivity contribution < 1.29 is 4.79 Å². The maximum atomic E-state index is 12.0. The van der Waals surface area contributed by atoms with E-state index in [4.69, 9.17) is 5.26 Å². The molecule has 1 aliphatic carbocycles. The Labute approximate surface area is 107 Å². The van der Waals surface area contributed by atoms with Crippen LogP contribution in [0.4, 0.5) is 0 Å². The van der Waals surface area contributed by atoms with E-state index in [-0.39, 0.29) is 5.91 Å². The highest BCUT2D eigenvalue weighted by Gasteiger charge is 2.44. The molecular weight excluding hydrogens is 228 g/mol. The van der Waals surface area contributed by atoms with E-state index in [0.29, 0.717) is 19.4 Å². The summed E-state index contributed by atoms with van der Waals surface area (Å²) >= 11 is 0. The lowest BCUT2D eigenvalue weighted by atomic mass is 9.69. The quantitative estimate of drug-likeness (QED) is 0.875. The van der Waals surface area contributed by atoms with Gasteiger partial charge in [0.1, 0.15) is 5.41 Å².